The predicted octanol–water partition coefficient (Wildman–Crippen LogP) is 3.82. The highest BCUT2D eigenvalue weighted by Gasteiger charge is 2.37. The summed E-state index contributed by atoms with van der Waals surface area (Å²) in [5.41, 5.74) is 3.47. The number of hydrogen-bond donors (Lipinski definition) is 2. The second-order valence-corrected chi connectivity index (χ2v) is 9.26. The lowest BCUT2D eigenvalue weighted by Crippen LogP contribution is -2.43. The number of likely N-dealkylation sites (N-methyl/N-ethyl adjacent to an activating group) is 1. The lowest BCUT2D eigenvalue weighted by molar-refractivity contribution is -0.125. The molecule has 2 N–H and O–H groups in total. The van der Waals surface area contributed by atoms with Crippen molar-refractivity contribution in [3.05, 3.63) is 89.5 Å². The van der Waals surface area contributed by atoms with Crippen LogP contribution in [0.3, 0.4) is 0 Å². The average Bonchev–Trinajstić information content (AvgIpc) is 3.37. The summed E-state index contributed by atoms with van der Waals surface area (Å²) in [5, 5.41) is 6.53. The minimum Gasteiger partial charge on any atom is -0.493 e. The van der Waals surface area contributed by atoms with Gasteiger partial charge in [-0.05, 0) is 23.6 Å². The van der Waals surface area contributed by atoms with Gasteiger partial charge in [0.05, 0.1) is 27.4 Å². The zero-order valence-electron chi connectivity index (χ0n) is 22.1. The molecule has 0 saturated carbocycles. The van der Waals surface area contributed by atoms with Crippen molar-refractivity contribution in [3.8, 4) is 17.2 Å². The zero-order chi connectivity index (χ0) is 26.2. The van der Waals surface area contributed by atoms with Gasteiger partial charge in [0.1, 0.15) is 0 Å². The molecule has 1 amide bonds. The molecule has 1 fully saturated rings. The number of benzene rings is 3. The number of amides is 1. The molecule has 0 bridgehead atoms. The highest BCUT2D eigenvalue weighted by molar-refractivity contribution is 5.82. The van der Waals surface area contributed by atoms with Crippen molar-refractivity contribution in [2.75, 3.05) is 41.5 Å². The monoisotopic (exact) mass is 503 g/mol. The molecule has 0 radical (unpaired) electrons. The Kier molecular flexibility index (Phi) is 9.04. The van der Waals surface area contributed by atoms with Gasteiger partial charge in [0, 0.05) is 44.2 Å². The standard InChI is InChI=1S/C30H37N3O4/c1-31-30(34)26-17-24(32-18-23-15-16-27(35-2)29(37-4)28(23)36-3)19-33(26)20-25(21-11-7-5-8-12-21)22-13-9-6-10-14-22/h5-16,24-26,32H,17-20H2,1-4H3,(H,31,34)/t24-,26-/m0/s1. The third kappa shape index (κ3) is 6.06. The van der Waals surface area contributed by atoms with Gasteiger partial charge in [-0.1, -0.05) is 66.7 Å². The molecular formula is C30H37N3O4. The van der Waals surface area contributed by atoms with Crippen LogP contribution < -0.4 is 24.8 Å². The van der Waals surface area contributed by atoms with Gasteiger partial charge in [-0.2, -0.15) is 0 Å². The lowest BCUT2D eigenvalue weighted by Gasteiger charge is -2.28. The molecule has 4 rings (SSSR count). The van der Waals surface area contributed by atoms with Gasteiger partial charge in [0.15, 0.2) is 11.5 Å². The van der Waals surface area contributed by atoms with E-state index in [2.05, 4.69) is 64.1 Å². The fourth-order valence-electron chi connectivity index (χ4n) is 5.26. The van der Waals surface area contributed by atoms with Crippen molar-refractivity contribution in [1.29, 1.82) is 0 Å². The first kappa shape index (κ1) is 26.5. The Morgan fingerprint density at radius 1 is 0.892 bits per heavy atom. The van der Waals surface area contributed by atoms with Gasteiger partial charge in [0.25, 0.3) is 0 Å². The number of hydrogen-bond acceptors (Lipinski definition) is 6. The first-order chi connectivity index (χ1) is 18.1. The molecule has 0 spiro atoms. The van der Waals surface area contributed by atoms with E-state index in [9.17, 15) is 4.79 Å². The normalized spacial score (nSPS) is 17.5. The summed E-state index contributed by atoms with van der Waals surface area (Å²) in [4.78, 5) is 15.2. The summed E-state index contributed by atoms with van der Waals surface area (Å²) in [5.74, 6) is 2.07. The van der Waals surface area contributed by atoms with Crippen molar-refractivity contribution in [1.82, 2.24) is 15.5 Å². The fourth-order valence-corrected chi connectivity index (χ4v) is 5.26. The molecule has 3 aromatic rings. The summed E-state index contributed by atoms with van der Waals surface area (Å²) < 4.78 is 16.6. The minimum atomic E-state index is -0.204. The summed E-state index contributed by atoms with van der Waals surface area (Å²) in [7, 11) is 6.56. The van der Waals surface area contributed by atoms with Crippen LogP contribution in [0.15, 0.2) is 72.8 Å². The molecule has 7 nitrogen and oxygen atoms in total. The number of carbonyl (C=O) groups excluding carboxylic acids is 1. The SMILES string of the molecule is CNC(=O)[C@@H]1C[C@H](NCc2ccc(OC)c(OC)c2OC)CN1CC(c1ccccc1)c1ccccc1. The summed E-state index contributed by atoms with van der Waals surface area (Å²) >= 11 is 0. The maximum absolute atomic E-state index is 12.9. The maximum Gasteiger partial charge on any atom is 0.237 e. The van der Waals surface area contributed by atoms with Crippen molar-refractivity contribution in [2.45, 2.75) is 31.0 Å². The van der Waals surface area contributed by atoms with E-state index in [4.69, 9.17) is 14.2 Å². The summed E-state index contributed by atoms with van der Waals surface area (Å²) in [6, 6.07) is 24.9. The van der Waals surface area contributed by atoms with E-state index in [1.54, 1.807) is 28.4 Å². The number of ether oxygens (including phenoxy) is 3. The van der Waals surface area contributed by atoms with E-state index < -0.39 is 0 Å². The second kappa shape index (κ2) is 12.6. The molecule has 1 heterocycles. The van der Waals surface area contributed by atoms with Gasteiger partial charge in [-0.3, -0.25) is 9.69 Å². The van der Waals surface area contributed by atoms with Crippen LogP contribution in [-0.2, 0) is 11.3 Å². The van der Waals surface area contributed by atoms with E-state index in [-0.39, 0.29) is 23.9 Å². The molecular weight excluding hydrogens is 466 g/mol. The topological polar surface area (TPSA) is 72.1 Å². The molecule has 196 valence electrons. The Hall–Kier alpha value is -3.55. The van der Waals surface area contributed by atoms with Crippen LogP contribution in [0.2, 0.25) is 0 Å². The Morgan fingerprint density at radius 2 is 1.51 bits per heavy atom. The maximum atomic E-state index is 12.9. The Morgan fingerprint density at radius 3 is 2.05 bits per heavy atom. The Labute approximate surface area is 219 Å². The fraction of sp³-hybridized carbons (Fsp3) is 0.367. The van der Waals surface area contributed by atoms with Crippen LogP contribution >= 0.6 is 0 Å². The highest BCUT2D eigenvalue weighted by atomic mass is 16.5. The van der Waals surface area contributed by atoms with E-state index in [0.29, 0.717) is 23.8 Å². The second-order valence-electron chi connectivity index (χ2n) is 9.26. The van der Waals surface area contributed by atoms with Crippen LogP contribution in [0.1, 0.15) is 29.0 Å². The largest absolute Gasteiger partial charge is 0.493 e. The van der Waals surface area contributed by atoms with Crippen LogP contribution in [-0.4, -0.2) is 64.4 Å². The van der Waals surface area contributed by atoms with Gasteiger partial charge in [-0.25, -0.2) is 0 Å². The molecule has 37 heavy (non-hydrogen) atoms. The van der Waals surface area contributed by atoms with E-state index in [0.717, 1.165) is 25.1 Å². The number of nitrogens with zero attached hydrogens (tertiary/aromatic N) is 1. The molecule has 0 aliphatic carbocycles. The van der Waals surface area contributed by atoms with Crippen molar-refractivity contribution in [2.24, 2.45) is 0 Å². The molecule has 0 unspecified atom stereocenters. The van der Waals surface area contributed by atoms with Gasteiger partial charge in [-0.15, -0.1) is 0 Å². The van der Waals surface area contributed by atoms with Crippen molar-refractivity contribution >= 4 is 5.91 Å². The molecule has 1 saturated heterocycles. The molecule has 3 aromatic carbocycles. The van der Waals surface area contributed by atoms with E-state index in [1.165, 1.54) is 11.1 Å². The first-order valence-corrected chi connectivity index (χ1v) is 12.7. The van der Waals surface area contributed by atoms with Crippen LogP contribution in [0.5, 0.6) is 17.2 Å². The number of nitrogens with one attached hydrogen (secondary N) is 2. The smallest absolute Gasteiger partial charge is 0.237 e. The molecule has 1 aliphatic rings. The lowest BCUT2D eigenvalue weighted by atomic mass is 9.90. The third-order valence-corrected chi connectivity index (χ3v) is 7.14. The number of methoxy groups -OCH3 is 3. The van der Waals surface area contributed by atoms with Crippen molar-refractivity contribution in [3.63, 3.8) is 0 Å². The minimum absolute atomic E-state index is 0.0490. The summed E-state index contributed by atoms with van der Waals surface area (Å²) in [6.45, 7) is 2.11. The van der Waals surface area contributed by atoms with Gasteiger partial charge >= 0.3 is 0 Å². The molecule has 0 aromatic heterocycles. The summed E-state index contributed by atoms with van der Waals surface area (Å²) in [6.07, 6.45) is 0.728. The van der Waals surface area contributed by atoms with Gasteiger partial charge in [0.2, 0.25) is 11.7 Å². The number of likely N-dealkylation sites (tertiary alicyclic amines) is 1. The van der Waals surface area contributed by atoms with E-state index >= 15 is 0 Å². The predicted molar refractivity (Wildman–Crippen MR) is 145 cm³/mol. The van der Waals surface area contributed by atoms with Gasteiger partial charge < -0.3 is 24.8 Å². The van der Waals surface area contributed by atoms with Crippen LogP contribution in [0.25, 0.3) is 0 Å². The quantitative estimate of drug-likeness (QED) is 0.415. The molecule has 7 heteroatoms. The molecule has 1 aliphatic heterocycles. The first-order valence-electron chi connectivity index (χ1n) is 12.7. The van der Waals surface area contributed by atoms with Crippen LogP contribution in [0.4, 0.5) is 0 Å². The Balaban J connectivity index is 1.53. The zero-order valence-corrected chi connectivity index (χ0v) is 22.1. The number of rotatable bonds is 11. The van der Waals surface area contributed by atoms with Crippen molar-refractivity contribution < 1.29 is 19.0 Å². The van der Waals surface area contributed by atoms with Crippen LogP contribution in [0, 0.1) is 0 Å². The average molecular weight is 504 g/mol. The third-order valence-electron chi connectivity index (χ3n) is 7.14. The Bertz CT molecular complexity index is 1120. The highest BCUT2D eigenvalue weighted by Crippen LogP contribution is 2.40. The number of carbonyl (C=O) groups is 1. The molecule has 2 atom stereocenters. The van der Waals surface area contributed by atoms with E-state index in [1.807, 2.05) is 24.3 Å².